The van der Waals surface area contributed by atoms with Crippen molar-refractivity contribution in [2.45, 2.75) is 25.0 Å². The quantitative estimate of drug-likeness (QED) is 0.691. The van der Waals surface area contributed by atoms with Crippen molar-refractivity contribution in [2.75, 3.05) is 0 Å². The Morgan fingerprint density at radius 3 is 2.76 bits per heavy atom. The normalized spacial score (nSPS) is 19.1. The van der Waals surface area contributed by atoms with Crippen molar-refractivity contribution in [2.24, 2.45) is 0 Å². The number of carbonyl (C=O) groups excluding carboxylic acids is 1. The molecule has 1 amide bonds. The van der Waals surface area contributed by atoms with Gasteiger partial charge in [0.25, 0.3) is 0 Å². The highest BCUT2D eigenvalue weighted by Gasteiger charge is 2.30. The van der Waals surface area contributed by atoms with Gasteiger partial charge >= 0.3 is 5.69 Å². The number of rotatable bonds is 3. The van der Waals surface area contributed by atoms with E-state index in [-0.39, 0.29) is 17.5 Å². The summed E-state index contributed by atoms with van der Waals surface area (Å²) in [5, 5.41) is 13.1. The van der Waals surface area contributed by atoms with Gasteiger partial charge in [0.2, 0.25) is 5.91 Å². The lowest BCUT2D eigenvalue weighted by molar-refractivity contribution is -0.127. The first-order valence-electron chi connectivity index (χ1n) is 9.05. The molecule has 0 bridgehead atoms. The number of nitrogens with one attached hydrogen (secondary N) is 1. The minimum Gasteiger partial charge on any atom is -0.373 e. The zero-order valence-electron chi connectivity index (χ0n) is 15.2. The molecule has 6 nitrogen and oxygen atoms in total. The summed E-state index contributed by atoms with van der Waals surface area (Å²) in [6, 6.07) is 11.3. The summed E-state index contributed by atoms with van der Waals surface area (Å²) in [6.07, 6.45) is 2.53. The number of hydrogen-bond acceptors (Lipinski definition) is 4. The number of benzene rings is 2. The Morgan fingerprint density at radius 1 is 1.21 bits per heavy atom. The van der Waals surface area contributed by atoms with Crippen LogP contribution in [0.15, 0.2) is 59.7 Å². The summed E-state index contributed by atoms with van der Waals surface area (Å²) in [5.74, 6) is -1.15. The highest BCUT2D eigenvalue weighted by atomic mass is 35.5. The Bertz CT molecular complexity index is 1150. The smallest absolute Gasteiger partial charge is 0.352 e. The van der Waals surface area contributed by atoms with Crippen LogP contribution in [0.4, 0.5) is 4.39 Å². The number of aromatic nitrogens is 2. The summed E-state index contributed by atoms with van der Waals surface area (Å²) in [5.41, 5.74) is 1.32. The molecule has 0 radical (unpaired) electrons. The molecule has 2 heterocycles. The van der Waals surface area contributed by atoms with E-state index in [4.69, 9.17) is 11.6 Å². The van der Waals surface area contributed by atoms with Crippen LogP contribution >= 0.6 is 11.6 Å². The number of piperidine rings is 1. The fourth-order valence-corrected chi connectivity index (χ4v) is 3.95. The minimum atomic E-state index is -1.03. The topological polar surface area (TPSA) is 84.2 Å². The molecule has 29 heavy (non-hydrogen) atoms. The maximum atomic E-state index is 14.8. The summed E-state index contributed by atoms with van der Waals surface area (Å²) in [4.78, 5) is 27.0. The molecule has 1 fully saturated rings. The molecule has 1 aliphatic heterocycles. The number of halogens is 2. The third-order valence-electron chi connectivity index (χ3n) is 5.03. The van der Waals surface area contributed by atoms with E-state index in [0.717, 1.165) is 4.57 Å². The van der Waals surface area contributed by atoms with Gasteiger partial charge in [-0.05, 0) is 35.7 Å². The van der Waals surface area contributed by atoms with E-state index in [2.05, 4.69) is 10.3 Å². The number of aliphatic hydroxyl groups is 1. The van der Waals surface area contributed by atoms with Crippen molar-refractivity contribution in [3.63, 3.8) is 0 Å². The van der Waals surface area contributed by atoms with Gasteiger partial charge in [-0.3, -0.25) is 9.36 Å². The van der Waals surface area contributed by atoms with Gasteiger partial charge in [0.1, 0.15) is 12.0 Å². The van der Waals surface area contributed by atoms with E-state index in [0.29, 0.717) is 34.6 Å². The standard InChI is InChI=1S/C21H17ClFN3O3/c22-19-13(3-1-4-14(19)15-6-8-18(27)25-20(15)28)12-5-7-17(16(23)11-12)26-10-2-9-24-21(26)29/h1-5,7,9-11,15,20,28H,6,8H2,(H,25,27). The van der Waals surface area contributed by atoms with Gasteiger partial charge in [0, 0.05) is 30.3 Å². The Balaban J connectivity index is 1.73. The van der Waals surface area contributed by atoms with E-state index in [9.17, 15) is 19.1 Å². The van der Waals surface area contributed by atoms with Crippen LogP contribution in [0.5, 0.6) is 0 Å². The summed E-state index contributed by atoms with van der Waals surface area (Å²) < 4.78 is 15.9. The molecule has 0 aliphatic carbocycles. The molecular weight excluding hydrogens is 397 g/mol. The van der Waals surface area contributed by atoms with Gasteiger partial charge < -0.3 is 10.4 Å². The Kier molecular flexibility index (Phi) is 5.17. The van der Waals surface area contributed by atoms with Gasteiger partial charge in [-0.2, -0.15) is 0 Å². The average molecular weight is 414 g/mol. The van der Waals surface area contributed by atoms with Gasteiger partial charge in [-0.25, -0.2) is 14.2 Å². The lowest BCUT2D eigenvalue weighted by Gasteiger charge is -2.29. The van der Waals surface area contributed by atoms with Crippen molar-refractivity contribution in [1.29, 1.82) is 0 Å². The first-order chi connectivity index (χ1) is 14.0. The molecule has 1 aromatic heterocycles. The highest BCUT2D eigenvalue weighted by molar-refractivity contribution is 6.34. The average Bonchev–Trinajstić information content (AvgIpc) is 2.69. The van der Waals surface area contributed by atoms with Crippen LogP contribution in [-0.2, 0) is 4.79 Å². The molecule has 2 unspecified atom stereocenters. The van der Waals surface area contributed by atoms with Crippen LogP contribution in [0.3, 0.4) is 0 Å². The second-order valence-electron chi connectivity index (χ2n) is 6.80. The van der Waals surface area contributed by atoms with Crippen LogP contribution in [0, 0.1) is 5.82 Å². The lowest BCUT2D eigenvalue weighted by atomic mass is 9.87. The van der Waals surface area contributed by atoms with E-state index in [1.165, 1.54) is 24.5 Å². The molecule has 4 rings (SSSR count). The van der Waals surface area contributed by atoms with Crippen molar-refractivity contribution < 1.29 is 14.3 Å². The lowest BCUT2D eigenvalue weighted by Crippen LogP contribution is -2.43. The Morgan fingerprint density at radius 2 is 2.03 bits per heavy atom. The summed E-state index contributed by atoms with van der Waals surface area (Å²) in [6.45, 7) is 0. The molecule has 148 valence electrons. The number of hydrogen-bond donors (Lipinski definition) is 2. The van der Waals surface area contributed by atoms with Crippen molar-refractivity contribution in [3.8, 4) is 16.8 Å². The van der Waals surface area contributed by atoms with E-state index in [1.54, 1.807) is 30.3 Å². The number of aliphatic hydroxyl groups excluding tert-OH is 1. The Hall–Kier alpha value is -3.03. The fraction of sp³-hybridized carbons (Fsp3) is 0.190. The molecule has 1 aliphatic rings. The molecular formula is C21H17ClFN3O3. The first kappa shape index (κ1) is 19.3. The van der Waals surface area contributed by atoms with E-state index >= 15 is 0 Å². The monoisotopic (exact) mass is 413 g/mol. The molecule has 3 aromatic rings. The molecule has 0 spiro atoms. The molecule has 2 N–H and O–H groups in total. The number of carbonyl (C=O) groups is 1. The largest absolute Gasteiger partial charge is 0.373 e. The SMILES string of the molecule is O=C1CCC(c2cccc(-c3ccc(-n4cccnc4=O)c(F)c3)c2Cl)C(O)N1. The predicted molar refractivity (Wildman–Crippen MR) is 106 cm³/mol. The second kappa shape index (κ2) is 7.77. The van der Waals surface area contributed by atoms with Crippen LogP contribution in [0.25, 0.3) is 16.8 Å². The first-order valence-corrected chi connectivity index (χ1v) is 9.43. The number of nitrogens with zero attached hydrogens (tertiary/aromatic N) is 2. The van der Waals surface area contributed by atoms with Crippen molar-refractivity contribution in [3.05, 3.63) is 81.7 Å². The zero-order valence-corrected chi connectivity index (χ0v) is 15.9. The molecule has 2 atom stereocenters. The second-order valence-corrected chi connectivity index (χ2v) is 7.18. The van der Waals surface area contributed by atoms with Crippen LogP contribution < -0.4 is 11.0 Å². The van der Waals surface area contributed by atoms with Crippen molar-refractivity contribution >= 4 is 17.5 Å². The highest BCUT2D eigenvalue weighted by Crippen LogP contribution is 2.38. The predicted octanol–water partition coefficient (Wildman–Crippen LogP) is 3.00. The maximum absolute atomic E-state index is 14.8. The summed E-state index contributed by atoms with van der Waals surface area (Å²) >= 11 is 6.60. The Labute approximate surface area is 170 Å². The van der Waals surface area contributed by atoms with E-state index < -0.39 is 17.7 Å². The third-order valence-corrected chi connectivity index (χ3v) is 5.45. The van der Waals surface area contributed by atoms with Gasteiger partial charge in [0.05, 0.1) is 10.7 Å². The number of amides is 1. The summed E-state index contributed by atoms with van der Waals surface area (Å²) in [7, 11) is 0. The maximum Gasteiger partial charge on any atom is 0.352 e. The van der Waals surface area contributed by atoms with Crippen molar-refractivity contribution in [1.82, 2.24) is 14.9 Å². The third kappa shape index (κ3) is 3.66. The minimum absolute atomic E-state index is 0.0875. The fourth-order valence-electron chi connectivity index (χ4n) is 3.58. The molecule has 8 heteroatoms. The zero-order chi connectivity index (χ0) is 20.5. The molecule has 2 aromatic carbocycles. The van der Waals surface area contributed by atoms with Crippen LogP contribution in [0.2, 0.25) is 5.02 Å². The van der Waals surface area contributed by atoms with Crippen LogP contribution in [0.1, 0.15) is 24.3 Å². The molecule has 0 saturated carbocycles. The van der Waals surface area contributed by atoms with E-state index in [1.807, 2.05) is 0 Å². The van der Waals surface area contributed by atoms with Gasteiger partial charge in [0.15, 0.2) is 0 Å². The molecule has 1 saturated heterocycles. The van der Waals surface area contributed by atoms with Crippen LogP contribution in [-0.4, -0.2) is 26.8 Å². The van der Waals surface area contributed by atoms with Gasteiger partial charge in [-0.15, -0.1) is 0 Å². The van der Waals surface area contributed by atoms with Gasteiger partial charge in [-0.1, -0.05) is 35.9 Å².